The second-order valence-electron chi connectivity index (χ2n) is 3.36. The molecule has 1 heterocycles. The Morgan fingerprint density at radius 1 is 1.38 bits per heavy atom. The molecule has 1 N–H and O–H groups in total. The van der Waals surface area contributed by atoms with E-state index in [2.05, 4.69) is 31.9 Å². The van der Waals surface area contributed by atoms with Crippen molar-refractivity contribution in [2.24, 2.45) is 0 Å². The SMILES string of the molecule is O=C(O)CCCCn1cc(Br)cc(Br)c1=O. The fourth-order valence-corrected chi connectivity index (χ4v) is 2.55. The van der Waals surface area contributed by atoms with Crippen molar-refractivity contribution in [3.63, 3.8) is 0 Å². The Bertz CT molecular complexity index is 442. The fraction of sp³-hybridized carbons (Fsp3) is 0.400. The summed E-state index contributed by atoms with van der Waals surface area (Å²) >= 11 is 6.47. The highest BCUT2D eigenvalue weighted by atomic mass is 79.9. The van der Waals surface area contributed by atoms with Crippen LogP contribution in [0.5, 0.6) is 0 Å². The van der Waals surface area contributed by atoms with Crippen molar-refractivity contribution in [1.82, 2.24) is 4.57 Å². The van der Waals surface area contributed by atoms with E-state index in [0.717, 1.165) is 4.47 Å². The van der Waals surface area contributed by atoms with Gasteiger partial charge in [0, 0.05) is 23.6 Å². The van der Waals surface area contributed by atoms with E-state index in [9.17, 15) is 9.59 Å². The first-order chi connectivity index (χ1) is 7.50. The predicted molar refractivity (Wildman–Crippen MR) is 67.6 cm³/mol. The van der Waals surface area contributed by atoms with Crippen LogP contribution in [0.1, 0.15) is 19.3 Å². The Hall–Kier alpha value is -0.620. The fourth-order valence-electron chi connectivity index (χ4n) is 1.29. The van der Waals surface area contributed by atoms with Gasteiger partial charge in [0.15, 0.2) is 0 Å². The van der Waals surface area contributed by atoms with Gasteiger partial charge in [-0.1, -0.05) is 0 Å². The molecule has 0 aromatic carbocycles. The summed E-state index contributed by atoms with van der Waals surface area (Å²) in [5.41, 5.74) is -0.0986. The number of aromatic nitrogens is 1. The Balaban J connectivity index is 2.60. The van der Waals surface area contributed by atoms with Crippen LogP contribution in [0.4, 0.5) is 0 Å². The summed E-state index contributed by atoms with van der Waals surface area (Å²) in [4.78, 5) is 21.9. The number of carboxylic acid groups (broad SMARTS) is 1. The zero-order valence-corrected chi connectivity index (χ0v) is 11.6. The molecular formula is C10H11Br2NO3. The number of unbranched alkanes of at least 4 members (excludes halogenated alkanes) is 1. The van der Waals surface area contributed by atoms with Gasteiger partial charge in [0.25, 0.3) is 5.56 Å². The summed E-state index contributed by atoms with van der Waals surface area (Å²) in [6.07, 6.45) is 3.10. The molecular weight excluding hydrogens is 342 g/mol. The number of carbonyl (C=O) groups is 1. The second kappa shape index (κ2) is 6.20. The molecule has 0 aliphatic carbocycles. The molecule has 4 nitrogen and oxygen atoms in total. The number of halogens is 2. The molecule has 1 aromatic rings. The average molecular weight is 353 g/mol. The Morgan fingerprint density at radius 2 is 2.06 bits per heavy atom. The van der Waals surface area contributed by atoms with Crippen LogP contribution < -0.4 is 5.56 Å². The molecule has 0 spiro atoms. The van der Waals surface area contributed by atoms with Crippen molar-refractivity contribution in [2.45, 2.75) is 25.8 Å². The normalized spacial score (nSPS) is 10.4. The quantitative estimate of drug-likeness (QED) is 0.828. The maximum atomic E-state index is 11.6. The minimum Gasteiger partial charge on any atom is -0.481 e. The number of pyridine rings is 1. The van der Waals surface area contributed by atoms with Crippen molar-refractivity contribution in [1.29, 1.82) is 0 Å². The minimum atomic E-state index is -0.803. The molecule has 0 saturated heterocycles. The van der Waals surface area contributed by atoms with Crippen LogP contribution in [-0.2, 0) is 11.3 Å². The molecule has 0 aliphatic rings. The van der Waals surface area contributed by atoms with E-state index >= 15 is 0 Å². The van der Waals surface area contributed by atoms with Gasteiger partial charge in [-0.3, -0.25) is 9.59 Å². The van der Waals surface area contributed by atoms with Crippen molar-refractivity contribution in [3.8, 4) is 0 Å². The predicted octanol–water partition coefficient (Wildman–Crippen LogP) is 2.63. The van der Waals surface area contributed by atoms with E-state index in [1.54, 1.807) is 16.8 Å². The van der Waals surface area contributed by atoms with E-state index in [0.29, 0.717) is 23.9 Å². The average Bonchev–Trinajstić information content (AvgIpc) is 2.19. The highest BCUT2D eigenvalue weighted by Gasteiger charge is 2.03. The number of hydrogen-bond donors (Lipinski definition) is 1. The summed E-state index contributed by atoms with van der Waals surface area (Å²) in [5.74, 6) is -0.803. The lowest BCUT2D eigenvalue weighted by Crippen LogP contribution is -2.20. The Kier molecular flexibility index (Phi) is 5.21. The minimum absolute atomic E-state index is 0.0986. The second-order valence-corrected chi connectivity index (χ2v) is 5.13. The zero-order valence-electron chi connectivity index (χ0n) is 8.45. The van der Waals surface area contributed by atoms with Gasteiger partial charge in [-0.2, -0.15) is 0 Å². The van der Waals surface area contributed by atoms with Crippen molar-refractivity contribution in [2.75, 3.05) is 0 Å². The van der Waals surface area contributed by atoms with Crippen molar-refractivity contribution in [3.05, 3.63) is 31.6 Å². The van der Waals surface area contributed by atoms with E-state index in [1.165, 1.54) is 0 Å². The number of nitrogens with zero attached hydrogens (tertiary/aromatic N) is 1. The molecule has 0 aliphatic heterocycles. The lowest BCUT2D eigenvalue weighted by molar-refractivity contribution is -0.137. The summed E-state index contributed by atoms with van der Waals surface area (Å²) in [6.45, 7) is 0.532. The van der Waals surface area contributed by atoms with Crippen LogP contribution >= 0.6 is 31.9 Å². The lowest BCUT2D eigenvalue weighted by Gasteiger charge is -2.06. The summed E-state index contributed by atoms with van der Waals surface area (Å²) in [7, 11) is 0. The van der Waals surface area contributed by atoms with Gasteiger partial charge in [0.05, 0.1) is 4.47 Å². The van der Waals surface area contributed by atoms with Gasteiger partial charge in [-0.15, -0.1) is 0 Å². The molecule has 0 unspecified atom stereocenters. The summed E-state index contributed by atoms with van der Waals surface area (Å²) < 4.78 is 2.88. The molecule has 88 valence electrons. The maximum Gasteiger partial charge on any atom is 0.303 e. The number of rotatable bonds is 5. The highest BCUT2D eigenvalue weighted by Crippen LogP contribution is 2.13. The van der Waals surface area contributed by atoms with Crippen LogP contribution in [-0.4, -0.2) is 15.6 Å². The smallest absolute Gasteiger partial charge is 0.303 e. The Labute approximate surface area is 110 Å². The van der Waals surface area contributed by atoms with Gasteiger partial charge < -0.3 is 9.67 Å². The van der Waals surface area contributed by atoms with Crippen LogP contribution in [0, 0.1) is 0 Å². The molecule has 0 atom stereocenters. The van der Waals surface area contributed by atoms with E-state index in [-0.39, 0.29) is 12.0 Å². The number of aliphatic carboxylic acids is 1. The molecule has 1 rings (SSSR count). The highest BCUT2D eigenvalue weighted by molar-refractivity contribution is 9.11. The van der Waals surface area contributed by atoms with E-state index < -0.39 is 5.97 Å². The summed E-state index contributed by atoms with van der Waals surface area (Å²) in [6, 6.07) is 1.69. The molecule has 0 fully saturated rings. The van der Waals surface area contributed by atoms with Gasteiger partial charge in [0.1, 0.15) is 0 Å². The molecule has 6 heteroatoms. The third-order valence-electron chi connectivity index (χ3n) is 2.05. The molecule has 0 radical (unpaired) electrons. The standard InChI is InChI=1S/C10H11Br2NO3/c11-7-5-8(12)10(16)13(6-7)4-2-1-3-9(14)15/h5-6H,1-4H2,(H,14,15). The summed E-state index contributed by atoms with van der Waals surface area (Å²) in [5, 5.41) is 8.47. The van der Waals surface area contributed by atoms with Crippen LogP contribution in [0.2, 0.25) is 0 Å². The molecule has 0 amide bonds. The van der Waals surface area contributed by atoms with Crippen LogP contribution in [0.15, 0.2) is 26.0 Å². The molecule has 0 saturated carbocycles. The van der Waals surface area contributed by atoms with Crippen molar-refractivity contribution < 1.29 is 9.90 Å². The number of aryl methyl sites for hydroxylation is 1. The molecule has 1 aromatic heterocycles. The van der Waals surface area contributed by atoms with Crippen LogP contribution in [0.25, 0.3) is 0 Å². The van der Waals surface area contributed by atoms with Gasteiger partial charge in [0.2, 0.25) is 0 Å². The van der Waals surface area contributed by atoms with Gasteiger partial charge in [-0.25, -0.2) is 0 Å². The van der Waals surface area contributed by atoms with E-state index in [4.69, 9.17) is 5.11 Å². The molecule has 0 bridgehead atoms. The largest absolute Gasteiger partial charge is 0.481 e. The maximum absolute atomic E-state index is 11.6. The van der Waals surface area contributed by atoms with E-state index in [1.807, 2.05) is 0 Å². The van der Waals surface area contributed by atoms with Crippen molar-refractivity contribution >= 4 is 37.8 Å². The molecule has 16 heavy (non-hydrogen) atoms. The number of carboxylic acids is 1. The monoisotopic (exact) mass is 351 g/mol. The Morgan fingerprint density at radius 3 is 2.69 bits per heavy atom. The van der Waals surface area contributed by atoms with Gasteiger partial charge >= 0.3 is 5.97 Å². The van der Waals surface area contributed by atoms with Gasteiger partial charge in [-0.05, 0) is 50.8 Å². The number of hydrogen-bond acceptors (Lipinski definition) is 2. The third kappa shape index (κ3) is 4.09. The first-order valence-electron chi connectivity index (χ1n) is 4.78. The lowest BCUT2D eigenvalue weighted by atomic mass is 10.2. The topological polar surface area (TPSA) is 59.3 Å². The first kappa shape index (κ1) is 13.4. The zero-order chi connectivity index (χ0) is 12.1. The third-order valence-corrected chi connectivity index (χ3v) is 3.05. The van der Waals surface area contributed by atoms with Crippen LogP contribution in [0.3, 0.4) is 0 Å². The first-order valence-corrected chi connectivity index (χ1v) is 6.36.